The Bertz CT molecular complexity index is 449. The highest BCUT2D eigenvalue weighted by atomic mass is 35.5. The molecule has 0 heterocycles. The molecular formula is C15H23ClN2O2. The third kappa shape index (κ3) is 5.39. The number of nitrogens with one attached hydrogen (secondary N) is 1. The molecule has 0 saturated carbocycles. The number of carbonyl (C=O) groups is 1. The van der Waals surface area contributed by atoms with Crippen molar-refractivity contribution >= 4 is 17.7 Å². The van der Waals surface area contributed by atoms with E-state index >= 15 is 0 Å². The van der Waals surface area contributed by atoms with Gasteiger partial charge in [0.15, 0.2) is 0 Å². The first-order chi connectivity index (χ1) is 9.23. The van der Waals surface area contributed by atoms with Crippen LogP contribution in [0, 0.1) is 6.92 Å². The molecule has 1 amide bonds. The van der Waals surface area contributed by atoms with Crippen LogP contribution in [0.5, 0.6) is 0 Å². The maximum atomic E-state index is 11.8. The van der Waals surface area contributed by atoms with Crippen molar-refractivity contribution < 1.29 is 9.53 Å². The second kappa shape index (κ2) is 6.95. The maximum Gasteiger partial charge on any atom is 0.407 e. The van der Waals surface area contributed by atoms with Gasteiger partial charge in [-0.25, -0.2) is 4.79 Å². The molecule has 0 aromatic heterocycles. The fourth-order valence-electron chi connectivity index (χ4n) is 1.84. The summed E-state index contributed by atoms with van der Waals surface area (Å²) >= 11 is 6.19. The maximum absolute atomic E-state index is 11.8. The smallest absolute Gasteiger partial charge is 0.407 e. The first-order valence-corrected chi connectivity index (χ1v) is 7.04. The van der Waals surface area contributed by atoms with Gasteiger partial charge in [-0.2, -0.15) is 0 Å². The molecule has 1 rings (SSSR count). The molecule has 1 atom stereocenters. The molecule has 4 nitrogen and oxygen atoms in total. The molecular weight excluding hydrogens is 276 g/mol. The van der Waals surface area contributed by atoms with Crippen molar-refractivity contribution in [2.45, 2.75) is 45.8 Å². The summed E-state index contributed by atoms with van der Waals surface area (Å²) in [6, 6.07) is 5.52. The summed E-state index contributed by atoms with van der Waals surface area (Å²) in [5.74, 6) is 0. The number of halogens is 1. The topological polar surface area (TPSA) is 64.3 Å². The quantitative estimate of drug-likeness (QED) is 0.898. The Hall–Kier alpha value is -1.26. The van der Waals surface area contributed by atoms with Crippen LogP contribution in [0.25, 0.3) is 0 Å². The Balaban J connectivity index is 2.71. The Kier molecular flexibility index (Phi) is 5.84. The van der Waals surface area contributed by atoms with Crippen LogP contribution in [-0.2, 0) is 11.2 Å². The van der Waals surface area contributed by atoms with Gasteiger partial charge < -0.3 is 15.8 Å². The van der Waals surface area contributed by atoms with Gasteiger partial charge in [-0.1, -0.05) is 23.7 Å². The molecule has 0 fully saturated rings. The summed E-state index contributed by atoms with van der Waals surface area (Å²) < 4.78 is 5.23. The molecule has 1 aromatic carbocycles. The summed E-state index contributed by atoms with van der Waals surface area (Å²) in [7, 11) is 0. The molecule has 20 heavy (non-hydrogen) atoms. The molecule has 1 unspecified atom stereocenters. The van der Waals surface area contributed by atoms with E-state index in [9.17, 15) is 4.79 Å². The SMILES string of the molecule is Cc1cccc(Cl)c1CC(CN)NC(=O)OC(C)(C)C. The van der Waals surface area contributed by atoms with Crippen molar-refractivity contribution in [3.63, 3.8) is 0 Å². The zero-order valence-corrected chi connectivity index (χ0v) is 13.3. The third-order valence-electron chi connectivity index (χ3n) is 2.81. The highest BCUT2D eigenvalue weighted by Crippen LogP contribution is 2.21. The lowest BCUT2D eigenvalue weighted by molar-refractivity contribution is 0.0506. The molecule has 0 spiro atoms. The Morgan fingerprint density at radius 3 is 2.60 bits per heavy atom. The van der Waals surface area contributed by atoms with Gasteiger partial charge in [0, 0.05) is 17.6 Å². The number of alkyl carbamates (subject to hydrolysis) is 1. The molecule has 0 radical (unpaired) electrons. The molecule has 0 aliphatic rings. The number of nitrogens with two attached hydrogens (primary N) is 1. The van der Waals surface area contributed by atoms with Gasteiger partial charge in [-0.15, -0.1) is 0 Å². The van der Waals surface area contributed by atoms with Crippen LogP contribution in [0.2, 0.25) is 5.02 Å². The fourth-order valence-corrected chi connectivity index (χ4v) is 2.14. The average molecular weight is 299 g/mol. The minimum absolute atomic E-state index is 0.205. The van der Waals surface area contributed by atoms with Crippen LogP contribution >= 0.6 is 11.6 Å². The van der Waals surface area contributed by atoms with E-state index in [0.29, 0.717) is 18.0 Å². The van der Waals surface area contributed by atoms with Gasteiger partial charge >= 0.3 is 6.09 Å². The Morgan fingerprint density at radius 2 is 2.10 bits per heavy atom. The highest BCUT2D eigenvalue weighted by molar-refractivity contribution is 6.31. The number of aryl methyl sites for hydroxylation is 1. The number of carbonyl (C=O) groups excluding carboxylic acids is 1. The predicted octanol–water partition coefficient (Wildman–Crippen LogP) is 3.04. The van der Waals surface area contributed by atoms with Crippen molar-refractivity contribution in [2.75, 3.05) is 6.54 Å². The van der Waals surface area contributed by atoms with Gasteiger partial charge in [0.1, 0.15) is 5.60 Å². The van der Waals surface area contributed by atoms with E-state index in [0.717, 1.165) is 11.1 Å². The summed E-state index contributed by atoms with van der Waals surface area (Å²) in [5, 5.41) is 3.47. The number of hydrogen-bond acceptors (Lipinski definition) is 3. The molecule has 5 heteroatoms. The molecule has 0 saturated heterocycles. The zero-order chi connectivity index (χ0) is 15.3. The molecule has 0 aliphatic carbocycles. The number of benzene rings is 1. The minimum atomic E-state index is -0.524. The summed E-state index contributed by atoms with van der Waals surface area (Å²) in [4.78, 5) is 11.8. The van der Waals surface area contributed by atoms with Crippen molar-refractivity contribution in [1.82, 2.24) is 5.32 Å². The summed E-state index contributed by atoms with van der Waals surface area (Å²) in [6.07, 6.45) is 0.124. The standard InChI is InChI=1S/C15H23ClN2O2/c1-10-6-5-7-13(16)12(10)8-11(9-17)18-14(19)20-15(2,3)4/h5-7,11H,8-9,17H2,1-4H3,(H,18,19). The van der Waals surface area contributed by atoms with Crippen molar-refractivity contribution in [3.05, 3.63) is 34.3 Å². The van der Waals surface area contributed by atoms with E-state index in [4.69, 9.17) is 22.1 Å². The Labute approximate surface area is 125 Å². The van der Waals surface area contributed by atoms with Gasteiger partial charge in [0.2, 0.25) is 0 Å². The first kappa shape index (κ1) is 16.8. The van der Waals surface area contributed by atoms with Crippen molar-refractivity contribution in [3.8, 4) is 0 Å². The molecule has 3 N–H and O–H groups in total. The second-order valence-corrected chi connectivity index (χ2v) is 6.23. The zero-order valence-electron chi connectivity index (χ0n) is 12.5. The van der Waals surface area contributed by atoms with Gasteiger partial charge in [-0.3, -0.25) is 0 Å². The molecule has 1 aromatic rings. The lowest BCUT2D eigenvalue weighted by Gasteiger charge is -2.23. The van der Waals surface area contributed by atoms with Gasteiger partial charge in [0.05, 0.1) is 0 Å². The molecule has 112 valence electrons. The van der Waals surface area contributed by atoms with Crippen LogP contribution < -0.4 is 11.1 Å². The van der Waals surface area contributed by atoms with E-state index in [1.807, 2.05) is 45.9 Å². The van der Waals surface area contributed by atoms with E-state index in [1.165, 1.54) is 0 Å². The second-order valence-electron chi connectivity index (χ2n) is 5.82. The highest BCUT2D eigenvalue weighted by Gasteiger charge is 2.20. The lowest BCUT2D eigenvalue weighted by atomic mass is 10.0. The van der Waals surface area contributed by atoms with Crippen LogP contribution in [0.15, 0.2) is 18.2 Å². The van der Waals surface area contributed by atoms with Crippen LogP contribution in [0.1, 0.15) is 31.9 Å². The van der Waals surface area contributed by atoms with E-state index in [-0.39, 0.29) is 6.04 Å². The van der Waals surface area contributed by atoms with Gasteiger partial charge in [-0.05, 0) is 51.3 Å². The number of ether oxygens (including phenoxy) is 1. The summed E-state index contributed by atoms with van der Waals surface area (Å²) in [5.41, 5.74) is 7.28. The largest absolute Gasteiger partial charge is 0.444 e. The minimum Gasteiger partial charge on any atom is -0.444 e. The number of hydrogen-bond donors (Lipinski definition) is 2. The van der Waals surface area contributed by atoms with Crippen LogP contribution in [0.4, 0.5) is 4.79 Å². The Morgan fingerprint density at radius 1 is 1.45 bits per heavy atom. The third-order valence-corrected chi connectivity index (χ3v) is 3.16. The monoisotopic (exact) mass is 298 g/mol. The van der Waals surface area contributed by atoms with E-state index < -0.39 is 11.7 Å². The molecule has 0 aliphatic heterocycles. The first-order valence-electron chi connectivity index (χ1n) is 6.66. The number of rotatable bonds is 4. The normalized spacial score (nSPS) is 12.9. The van der Waals surface area contributed by atoms with Crippen molar-refractivity contribution in [1.29, 1.82) is 0 Å². The summed E-state index contributed by atoms with van der Waals surface area (Å²) in [6.45, 7) is 7.78. The van der Waals surface area contributed by atoms with Crippen LogP contribution in [0.3, 0.4) is 0 Å². The van der Waals surface area contributed by atoms with E-state index in [2.05, 4.69) is 5.32 Å². The van der Waals surface area contributed by atoms with Crippen molar-refractivity contribution in [2.24, 2.45) is 5.73 Å². The van der Waals surface area contributed by atoms with Gasteiger partial charge in [0.25, 0.3) is 0 Å². The lowest BCUT2D eigenvalue weighted by Crippen LogP contribution is -2.44. The predicted molar refractivity (Wildman–Crippen MR) is 82.1 cm³/mol. The average Bonchev–Trinajstić information content (AvgIpc) is 2.30. The number of amides is 1. The van der Waals surface area contributed by atoms with Crippen LogP contribution in [-0.4, -0.2) is 24.3 Å². The fraction of sp³-hybridized carbons (Fsp3) is 0.533. The molecule has 0 bridgehead atoms. The van der Waals surface area contributed by atoms with E-state index in [1.54, 1.807) is 0 Å².